The quantitative estimate of drug-likeness (QED) is 0.351. The average molecular weight is 390 g/mol. The van der Waals surface area contributed by atoms with E-state index in [1.165, 1.54) is 30.3 Å². The van der Waals surface area contributed by atoms with Crippen molar-refractivity contribution in [3.8, 4) is 0 Å². The van der Waals surface area contributed by atoms with Gasteiger partial charge in [0.1, 0.15) is 0 Å². The van der Waals surface area contributed by atoms with Gasteiger partial charge in [-0.3, -0.25) is 19.5 Å². The van der Waals surface area contributed by atoms with Crippen LogP contribution in [0.1, 0.15) is 36.4 Å². The molecule has 1 aliphatic rings. The predicted octanol–water partition coefficient (Wildman–Crippen LogP) is 2.92. The fraction of sp³-hybridized carbons (Fsp3) is 0.278. The molecule has 0 unspecified atom stereocenters. The Kier molecular flexibility index (Phi) is 4.99. The third-order valence-corrected chi connectivity index (χ3v) is 5.57. The van der Waals surface area contributed by atoms with Gasteiger partial charge in [-0.2, -0.15) is 8.42 Å². The Bertz CT molecular complexity index is 987. The lowest BCUT2D eigenvalue weighted by Gasteiger charge is -2.48. The predicted molar refractivity (Wildman–Crippen MR) is 96.8 cm³/mol. The molecule has 1 fully saturated rings. The van der Waals surface area contributed by atoms with Gasteiger partial charge in [-0.25, -0.2) is 0 Å². The molecule has 0 spiro atoms. The monoisotopic (exact) mass is 390 g/mol. The van der Waals surface area contributed by atoms with Crippen molar-refractivity contribution in [1.29, 1.82) is 0 Å². The van der Waals surface area contributed by atoms with Crippen molar-refractivity contribution < 1.29 is 22.7 Å². The lowest BCUT2D eigenvalue weighted by molar-refractivity contribution is -0.384. The number of β-lactam (4-membered cyclic amide) rings is 1. The number of amides is 1. The Hall–Kier alpha value is -2.78. The van der Waals surface area contributed by atoms with Crippen LogP contribution < -0.4 is 0 Å². The first-order chi connectivity index (χ1) is 12.8. The number of carbonyl (C=O) groups is 1. The molecule has 9 heteroatoms. The first kappa shape index (κ1) is 19.0. The van der Waals surface area contributed by atoms with Gasteiger partial charge < -0.3 is 4.90 Å². The molecule has 2 aromatic carbocycles. The van der Waals surface area contributed by atoms with E-state index in [2.05, 4.69) is 0 Å². The van der Waals surface area contributed by atoms with Gasteiger partial charge in [0, 0.05) is 18.7 Å². The summed E-state index contributed by atoms with van der Waals surface area (Å²) in [6.45, 7) is 2.39. The Labute approximate surface area is 156 Å². The molecule has 142 valence electrons. The second-order valence-electron chi connectivity index (χ2n) is 6.32. The van der Waals surface area contributed by atoms with Crippen LogP contribution in [0, 0.1) is 10.1 Å². The number of nitrogens with zero attached hydrogens (tertiary/aromatic N) is 2. The van der Waals surface area contributed by atoms with Crippen molar-refractivity contribution in [3.63, 3.8) is 0 Å². The summed E-state index contributed by atoms with van der Waals surface area (Å²) in [6.07, 6.45) is 0.710. The summed E-state index contributed by atoms with van der Waals surface area (Å²) < 4.78 is 33.0. The summed E-state index contributed by atoms with van der Waals surface area (Å²) in [6, 6.07) is 11.2. The Morgan fingerprint density at radius 3 is 2.33 bits per heavy atom. The first-order valence-corrected chi connectivity index (χ1v) is 9.81. The van der Waals surface area contributed by atoms with Gasteiger partial charge in [-0.1, -0.05) is 37.3 Å². The second-order valence-corrected chi connectivity index (χ2v) is 7.71. The van der Waals surface area contributed by atoms with Crippen LogP contribution in [-0.2, 0) is 14.9 Å². The number of nitro benzene ring substituents is 1. The third kappa shape index (κ3) is 3.43. The van der Waals surface area contributed by atoms with E-state index in [4.69, 9.17) is 0 Å². The number of non-ortho nitro benzene ring substituents is 1. The molecular formula is C18H18N2O6S. The van der Waals surface area contributed by atoms with E-state index < -0.39 is 27.0 Å². The highest BCUT2D eigenvalue weighted by atomic mass is 32.2. The van der Waals surface area contributed by atoms with Crippen LogP contribution in [0.25, 0.3) is 0 Å². The first-order valence-electron chi connectivity index (χ1n) is 8.37. The summed E-state index contributed by atoms with van der Waals surface area (Å²) in [4.78, 5) is 24.4. The number of hydrogen-bond donors (Lipinski definition) is 1. The number of hydrogen-bond acceptors (Lipinski definition) is 5. The van der Waals surface area contributed by atoms with Gasteiger partial charge >= 0.3 is 0 Å². The van der Waals surface area contributed by atoms with Crippen molar-refractivity contribution in [2.45, 2.75) is 30.2 Å². The van der Waals surface area contributed by atoms with Crippen molar-refractivity contribution in [2.24, 2.45) is 0 Å². The fourth-order valence-corrected chi connectivity index (χ4v) is 4.22. The lowest BCUT2D eigenvalue weighted by atomic mass is 9.77. The number of carbonyl (C=O) groups excluding carboxylic acids is 1. The number of likely N-dealkylation sites (tertiary alicyclic amines) is 1. The average Bonchev–Trinajstić information content (AvgIpc) is 2.63. The second kappa shape index (κ2) is 7.09. The summed E-state index contributed by atoms with van der Waals surface area (Å²) in [7, 11) is -4.49. The Morgan fingerprint density at radius 1 is 1.15 bits per heavy atom. The van der Waals surface area contributed by atoms with Crippen molar-refractivity contribution in [2.75, 3.05) is 6.54 Å². The number of rotatable bonds is 6. The zero-order valence-corrected chi connectivity index (χ0v) is 15.3. The van der Waals surface area contributed by atoms with Gasteiger partial charge in [0.2, 0.25) is 5.91 Å². The highest BCUT2D eigenvalue weighted by molar-refractivity contribution is 7.85. The fourth-order valence-electron chi connectivity index (χ4n) is 3.48. The standard InChI is InChI=1S/C18H18N2O6S/c1-2-11-19-17(12-7-9-13(10-8-12)20(22)23)16(18(19)21)14-5-3-4-6-15(14)27(24,25)26/h3-10,16-17H,2,11H2,1H3,(H,24,25,26)/t16-,17-/m1/s1. The minimum absolute atomic E-state index is 0.0682. The molecule has 2 aromatic rings. The van der Waals surface area contributed by atoms with E-state index >= 15 is 0 Å². The zero-order chi connectivity index (χ0) is 19.8. The Morgan fingerprint density at radius 2 is 1.78 bits per heavy atom. The molecule has 8 nitrogen and oxygen atoms in total. The Balaban J connectivity index is 2.07. The van der Waals surface area contributed by atoms with E-state index in [9.17, 15) is 27.9 Å². The molecule has 3 rings (SSSR count). The molecule has 0 aliphatic carbocycles. The van der Waals surface area contributed by atoms with Gasteiger partial charge in [0.15, 0.2) is 0 Å². The van der Waals surface area contributed by atoms with E-state index in [1.807, 2.05) is 6.92 Å². The maximum absolute atomic E-state index is 12.7. The molecule has 0 aromatic heterocycles. The molecule has 27 heavy (non-hydrogen) atoms. The molecule has 1 amide bonds. The minimum Gasteiger partial charge on any atom is -0.334 e. The largest absolute Gasteiger partial charge is 0.334 e. The molecule has 1 heterocycles. The SMILES string of the molecule is CCCN1C(=O)[C@H](c2ccccc2S(=O)(=O)O)[C@H]1c1ccc([N+](=O)[O-])cc1. The van der Waals surface area contributed by atoms with Crippen LogP contribution in [-0.4, -0.2) is 35.2 Å². The van der Waals surface area contributed by atoms with Crippen LogP contribution in [0.2, 0.25) is 0 Å². The molecule has 0 saturated carbocycles. The highest BCUT2D eigenvalue weighted by Crippen LogP contribution is 2.48. The van der Waals surface area contributed by atoms with Crippen LogP contribution in [0.5, 0.6) is 0 Å². The van der Waals surface area contributed by atoms with Gasteiger partial charge in [0.25, 0.3) is 15.8 Å². The molecular weight excluding hydrogens is 372 g/mol. The van der Waals surface area contributed by atoms with Gasteiger partial charge in [-0.05, 0) is 23.6 Å². The van der Waals surface area contributed by atoms with Crippen LogP contribution in [0.3, 0.4) is 0 Å². The highest BCUT2D eigenvalue weighted by Gasteiger charge is 2.49. The smallest absolute Gasteiger partial charge is 0.294 e. The maximum atomic E-state index is 12.7. The number of nitro groups is 1. The maximum Gasteiger partial charge on any atom is 0.294 e. The molecule has 0 radical (unpaired) electrons. The zero-order valence-electron chi connectivity index (χ0n) is 14.5. The number of benzene rings is 2. The summed E-state index contributed by atoms with van der Waals surface area (Å²) in [5, 5.41) is 10.9. The van der Waals surface area contributed by atoms with E-state index in [-0.39, 0.29) is 22.1 Å². The summed E-state index contributed by atoms with van der Waals surface area (Å²) in [5.74, 6) is -1.02. The van der Waals surface area contributed by atoms with Crippen LogP contribution in [0.15, 0.2) is 53.4 Å². The van der Waals surface area contributed by atoms with E-state index in [0.29, 0.717) is 18.5 Å². The van der Waals surface area contributed by atoms with Crippen LogP contribution >= 0.6 is 0 Å². The van der Waals surface area contributed by atoms with Gasteiger partial charge in [-0.15, -0.1) is 0 Å². The molecule has 2 atom stereocenters. The van der Waals surface area contributed by atoms with Crippen molar-refractivity contribution in [3.05, 3.63) is 69.8 Å². The van der Waals surface area contributed by atoms with Crippen LogP contribution in [0.4, 0.5) is 5.69 Å². The van der Waals surface area contributed by atoms with E-state index in [1.54, 1.807) is 23.1 Å². The van der Waals surface area contributed by atoms with E-state index in [0.717, 1.165) is 0 Å². The normalized spacial score (nSPS) is 19.6. The van der Waals surface area contributed by atoms with Crippen molar-refractivity contribution in [1.82, 2.24) is 4.90 Å². The lowest BCUT2D eigenvalue weighted by Crippen LogP contribution is -2.53. The minimum atomic E-state index is -4.49. The molecule has 1 aliphatic heterocycles. The van der Waals surface area contributed by atoms with Crippen molar-refractivity contribution >= 4 is 21.7 Å². The third-order valence-electron chi connectivity index (χ3n) is 4.64. The summed E-state index contributed by atoms with van der Waals surface area (Å²) >= 11 is 0. The van der Waals surface area contributed by atoms with Gasteiger partial charge in [0.05, 0.1) is 21.8 Å². The summed E-state index contributed by atoms with van der Waals surface area (Å²) in [5.41, 5.74) is 0.825. The molecule has 1 saturated heterocycles. The molecule has 1 N–H and O–H groups in total. The topological polar surface area (TPSA) is 118 Å². The molecule has 0 bridgehead atoms.